The van der Waals surface area contributed by atoms with Gasteiger partial charge in [-0.05, 0) is 26.9 Å². The summed E-state index contributed by atoms with van der Waals surface area (Å²) in [6, 6.07) is 0. The van der Waals surface area contributed by atoms with Crippen molar-refractivity contribution in [3.05, 3.63) is 0 Å². The van der Waals surface area contributed by atoms with E-state index in [-0.39, 0.29) is 0 Å². The summed E-state index contributed by atoms with van der Waals surface area (Å²) in [5.41, 5.74) is 0. The van der Waals surface area contributed by atoms with Crippen LogP contribution >= 0.6 is 0 Å². The highest BCUT2D eigenvalue weighted by atomic mass is 28.4. The van der Waals surface area contributed by atoms with Crippen LogP contribution in [-0.2, 0) is 8.85 Å². The molecule has 2 N–H and O–H groups in total. The number of rotatable bonds is 8. The van der Waals surface area contributed by atoms with Crippen LogP contribution < -0.4 is 9.96 Å². The van der Waals surface area contributed by atoms with Crippen molar-refractivity contribution in [3.63, 3.8) is 0 Å². The van der Waals surface area contributed by atoms with E-state index in [1.165, 1.54) is 0 Å². The molecule has 0 bridgehead atoms. The Kier molecular flexibility index (Phi) is 7.49. The highest BCUT2D eigenvalue weighted by Gasteiger charge is 2.37. The average Bonchev–Trinajstić information content (AvgIpc) is 2.06. The fraction of sp³-hybridized carbons (Fsp3) is 1.00. The first-order chi connectivity index (χ1) is 6.24. The van der Waals surface area contributed by atoms with Crippen LogP contribution in [0.25, 0.3) is 0 Å². The van der Waals surface area contributed by atoms with Crippen molar-refractivity contribution >= 4 is 8.88 Å². The van der Waals surface area contributed by atoms with Crippen molar-refractivity contribution in [2.45, 2.75) is 27.7 Å². The van der Waals surface area contributed by atoms with E-state index >= 15 is 0 Å². The van der Waals surface area contributed by atoms with Gasteiger partial charge < -0.3 is 8.85 Å². The zero-order valence-electron chi connectivity index (χ0n) is 9.14. The van der Waals surface area contributed by atoms with Crippen LogP contribution in [0, 0.1) is 0 Å². The van der Waals surface area contributed by atoms with E-state index in [2.05, 4.69) is 23.8 Å². The molecule has 0 spiro atoms. The second-order valence-corrected chi connectivity index (χ2v) is 5.06. The molecule has 0 radical (unpaired) electrons. The molecular formula is C8H22N2O2Si. The summed E-state index contributed by atoms with van der Waals surface area (Å²) in [7, 11) is -2.30. The largest absolute Gasteiger partial charge is 0.516 e. The minimum absolute atomic E-state index is 0.673. The summed E-state index contributed by atoms with van der Waals surface area (Å²) >= 11 is 0. The van der Waals surface area contributed by atoms with Crippen LogP contribution in [0.1, 0.15) is 27.7 Å². The molecule has 0 fully saturated rings. The molecule has 0 atom stereocenters. The highest BCUT2D eigenvalue weighted by Crippen LogP contribution is 1.98. The van der Waals surface area contributed by atoms with Gasteiger partial charge in [-0.2, -0.15) is 0 Å². The molecule has 0 rings (SSSR count). The first kappa shape index (κ1) is 13.1. The predicted octanol–water partition coefficient (Wildman–Crippen LogP) is 0.714. The van der Waals surface area contributed by atoms with E-state index in [9.17, 15) is 0 Å². The van der Waals surface area contributed by atoms with Crippen molar-refractivity contribution in [2.24, 2.45) is 0 Å². The van der Waals surface area contributed by atoms with Crippen LogP contribution in [0.2, 0.25) is 0 Å². The third-order valence-corrected chi connectivity index (χ3v) is 4.54. The average molecular weight is 206 g/mol. The maximum absolute atomic E-state index is 5.65. The Morgan fingerprint density at radius 3 is 1.46 bits per heavy atom. The Hall–Kier alpha value is 0.0569. The second-order valence-electron chi connectivity index (χ2n) is 2.54. The molecule has 13 heavy (non-hydrogen) atoms. The SMILES string of the molecule is CCN[Si](NCC)(OCC)OCC. The van der Waals surface area contributed by atoms with Crippen molar-refractivity contribution in [1.82, 2.24) is 9.96 Å². The van der Waals surface area contributed by atoms with Gasteiger partial charge >= 0.3 is 8.88 Å². The Bertz CT molecular complexity index is 95.2. The van der Waals surface area contributed by atoms with Crippen LogP contribution in [-0.4, -0.2) is 35.2 Å². The topological polar surface area (TPSA) is 42.5 Å². The molecule has 0 heterocycles. The second kappa shape index (κ2) is 7.46. The number of hydrogen-bond donors (Lipinski definition) is 2. The maximum Gasteiger partial charge on any atom is 0.516 e. The molecule has 0 aromatic heterocycles. The molecule has 0 aliphatic heterocycles. The predicted molar refractivity (Wildman–Crippen MR) is 56.4 cm³/mol. The first-order valence-electron chi connectivity index (χ1n) is 5.02. The fourth-order valence-electron chi connectivity index (χ4n) is 1.18. The van der Waals surface area contributed by atoms with Gasteiger partial charge in [0.05, 0.1) is 0 Å². The summed E-state index contributed by atoms with van der Waals surface area (Å²) < 4.78 is 11.3. The smallest absolute Gasteiger partial charge is 0.371 e. The van der Waals surface area contributed by atoms with Crippen LogP contribution in [0.4, 0.5) is 0 Å². The molecule has 0 aromatic rings. The van der Waals surface area contributed by atoms with Crippen molar-refractivity contribution < 1.29 is 8.85 Å². The van der Waals surface area contributed by atoms with E-state index < -0.39 is 8.88 Å². The van der Waals surface area contributed by atoms with Crippen LogP contribution in [0.3, 0.4) is 0 Å². The normalized spacial score (nSPS) is 12.0. The molecule has 0 aliphatic carbocycles. The van der Waals surface area contributed by atoms with Gasteiger partial charge in [0, 0.05) is 13.2 Å². The number of hydrogen-bond acceptors (Lipinski definition) is 4. The lowest BCUT2D eigenvalue weighted by atomic mass is 10.8. The molecule has 0 aliphatic rings. The van der Waals surface area contributed by atoms with Gasteiger partial charge in [0.1, 0.15) is 0 Å². The molecule has 0 saturated carbocycles. The summed E-state index contributed by atoms with van der Waals surface area (Å²) in [5.74, 6) is 0. The Morgan fingerprint density at radius 1 is 0.846 bits per heavy atom. The molecule has 0 unspecified atom stereocenters. The summed E-state index contributed by atoms with van der Waals surface area (Å²) in [4.78, 5) is 6.56. The van der Waals surface area contributed by atoms with Gasteiger partial charge in [-0.25, -0.2) is 0 Å². The van der Waals surface area contributed by atoms with E-state index in [4.69, 9.17) is 8.85 Å². The van der Waals surface area contributed by atoms with Gasteiger partial charge in [0.25, 0.3) is 0 Å². The van der Waals surface area contributed by atoms with Gasteiger partial charge in [-0.15, -0.1) is 0 Å². The van der Waals surface area contributed by atoms with Crippen molar-refractivity contribution in [1.29, 1.82) is 0 Å². The fourth-order valence-corrected chi connectivity index (χ4v) is 3.54. The molecule has 0 amide bonds. The first-order valence-corrected chi connectivity index (χ1v) is 6.84. The van der Waals surface area contributed by atoms with Gasteiger partial charge in [0.15, 0.2) is 0 Å². The summed E-state index contributed by atoms with van der Waals surface area (Å²) in [6.45, 7) is 11.1. The summed E-state index contributed by atoms with van der Waals surface area (Å²) in [5, 5.41) is 0. The van der Waals surface area contributed by atoms with Crippen molar-refractivity contribution in [2.75, 3.05) is 26.3 Å². The van der Waals surface area contributed by atoms with Crippen molar-refractivity contribution in [3.8, 4) is 0 Å². The zero-order valence-corrected chi connectivity index (χ0v) is 10.1. The van der Waals surface area contributed by atoms with Crippen LogP contribution in [0.15, 0.2) is 0 Å². The molecule has 0 saturated heterocycles. The third kappa shape index (κ3) is 4.73. The zero-order chi connectivity index (χ0) is 10.2. The lowest BCUT2D eigenvalue weighted by molar-refractivity contribution is 0.161. The molecule has 0 aromatic carbocycles. The molecule has 5 heteroatoms. The van der Waals surface area contributed by atoms with E-state index in [1.807, 2.05) is 13.8 Å². The Morgan fingerprint density at radius 2 is 1.23 bits per heavy atom. The van der Waals surface area contributed by atoms with E-state index in [0.717, 1.165) is 13.1 Å². The molecule has 4 nitrogen and oxygen atoms in total. The molecular weight excluding hydrogens is 184 g/mol. The maximum atomic E-state index is 5.65. The minimum Gasteiger partial charge on any atom is -0.371 e. The number of nitrogens with one attached hydrogen (secondary N) is 2. The van der Waals surface area contributed by atoms with Gasteiger partial charge in [0.2, 0.25) is 0 Å². The van der Waals surface area contributed by atoms with Gasteiger partial charge in [-0.3, -0.25) is 9.96 Å². The van der Waals surface area contributed by atoms with E-state index in [1.54, 1.807) is 0 Å². The van der Waals surface area contributed by atoms with Gasteiger partial charge in [-0.1, -0.05) is 13.8 Å². The summed E-state index contributed by atoms with van der Waals surface area (Å²) in [6.07, 6.45) is 0. The third-order valence-electron chi connectivity index (χ3n) is 1.51. The molecule has 80 valence electrons. The minimum atomic E-state index is -2.30. The highest BCUT2D eigenvalue weighted by molar-refractivity contribution is 6.62. The van der Waals surface area contributed by atoms with Crippen LogP contribution in [0.5, 0.6) is 0 Å². The lowest BCUT2D eigenvalue weighted by Crippen LogP contribution is -2.67. The Labute approximate surface area is 82.4 Å². The standard InChI is InChI=1S/C8H22N2O2Si/c1-5-9-13(10-6-2,11-7-3)12-8-4/h9-10H,5-8H2,1-4H3. The monoisotopic (exact) mass is 206 g/mol. The quantitative estimate of drug-likeness (QED) is 0.574. The van der Waals surface area contributed by atoms with E-state index in [0.29, 0.717) is 13.2 Å². The Balaban J connectivity index is 4.19. The lowest BCUT2D eigenvalue weighted by Gasteiger charge is -2.29.